The maximum absolute atomic E-state index is 6.53. The van der Waals surface area contributed by atoms with Crippen LogP contribution in [0.2, 0.25) is 0 Å². The van der Waals surface area contributed by atoms with Gasteiger partial charge in [0.15, 0.2) is 17.5 Å². The molecule has 0 saturated heterocycles. The molecule has 5 heteroatoms. The van der Waals surface area contributed by atoms with Gasteiger partial charge in [0.05, 0.1) is 0 Å². The zero-order valence-electron chi connectivity index (χ0n) is 27.7. The first-order chi connectivity index (χ1) is 25.7. The van der Waals surface area contributed by atoms with Gasteiger partial charge in [0.1, 0.15) is 22.3 Å². The first-order valence-corrected chi connectivity index (χ1v) is 17.3. The Kier molecular flexibility index (Phi) is 6.18. The molecule has 0 spiro atoms. The molecule has 8 aromatic carbocycles. The summed E-state index contributed by atoms with van der Waals surface area (Å²) in [6, 6.07) is 56.4. The monoisotopic (exact) mass is 665 g/mol. The smallest absolute Gasteiger partial charge is 0.164 e. The second-order valence-corrected chi connectivity index (χ2v) is 13.2. The summed E-state index contributed by atoms with van der Waals surface area (Å²) in [6.07, 6.45) is 0. The zero-order chi connectivity index (χ0) is 34.2. The molecule has 0 aliphatic heterocycles. The van der Waals surface area contributed by atoms with Crippen LogP contribution in [-0.4, -0.2) is 15.0 Å². The fraction of sp³-hybridized carbons (Fsp3) is 0. The van der Waals surface area contributed by atoms with Crippen molar-refractivity contribution < 1.29 is 8.83 Å². The SMILES string of the molecule is c1ccc(-c2nc(-c3ccc4c(ccc5ccccc54)c3)nc(-c3cc(-c4ccc5c(c4)oc4ccccc45)cc4oc5ccccc5c34)n2)cc1. The minimum absolute atomic E-state index is 0.575. The number of hydrogen-bond acceptors (Lipinski definition) is 5. The second kappa shape index (κ2) is 11.2. The van der Waals surface area contributed by atoms with Crippen LogP contribution < -0.4 is 0 Å². The Morgan fingerprint density at radius 1 is 0.308 bits per heavy atom. The van der Waals surface area contributed by atoms with E-state index in [1.54, 1.807) is 0 Å². The lowest BCUT2D eigenvalue weighted by molar-refractivity contribution is 0.668. The number of furan rings is 2. The molecular weight excluding hydrogens is 639 g/mol. The number of para-hydroxylation sites is 2. The van der Waals surface area contributed by atoms with Gasteiger partial charge in [-0.1, -0.05) is 121 Å². The minimum atomic E-state index is 0.575. The lowest BCUT2D eigenvalue weighted by Gasteiger charge is -2.12. The van der Waals surface area contributed by atoms with Crippen LogP contribution in [0.4, 0.5) is 0 Å². The van der Waals surface area contributed by atoms with Crippen molar-refractivity contribution in [1.29, 1.82) is 0 Å². The molecule has 52 heavy (non-hydrogen) atoms. The third-order valence-corrected chi connectivity index (χ3v) is 10.1. The van der Waals surface area contributed by atoms with Crippen molar-refractivity contribution >= 4 is 65.4 Å². The van der Waals surface area contributed by atoms with Crippen LogP contribution in [0.5, 0.6) is 0 Å². The Morgan fingerprint density at radius 2 is 0.885 bits per heavy atom. The van der Waals surface area contributed by atoms with Crippen LogP contribution in [0.15, 0.2) is 173 Å². The number of nitrogens with zero attached hydrogens (tertiary/aromatic N) is 3. The molecule has 3 aromatic heterocycles. The van der Waals surface area contributed by atoms with E-state index in [1.165, 1.54) is 16.2 Å². The zero-order valence-corrected chi connectivity index (χ0v) is 27.7. The van der Waals surface area contributed by atoms with E-state index < -0.39 is 0 Å². The molecule has 0 bridgehead atoms. The van der Waals surface area contributed by atoms with Crippen molar-refractivity contribution in [3.05, 3.63) is 164 Å². The van der Waals surface area contributed by atoms with Crippen LogP contribution in [-0.2, 0) is 0 Å². The Labute approximate surface area is 297 Å². The molecule has 11 aromatic rings. The van der Waals surface area contributed by atoms with Crippen molar-refractivity contribution in [3.63, 3.8) is 0 Å². The lowest BCUT2D eigenvalue weighted by atomic mass is 9.97. The van der Waals surface area contributed by atoms with Crippen LogP contribution >= 0.6 is 0 Å². The summed E-state index contributed by atoms with van der Waals surface area (Å²) >= 11 is 0. The van der Waals surface area contributed by atoms with Crippen molar-refractivity contribution in [1.82, 2.24) is 15.0 Å². The Hall–Kier alpha value is -7.11. The summed E-state index contributed by atoms with van der Waals surface area (Å²) in [5, 5.41) is 8.92. The highest BCUT2D eigenvalue weighted by molar-refractivity contribution is 6.14. The van der Waals surface area contributed by atoms with Gasteiger partial charge in [0.2, 0.25) is 0 Å². The predicted molar refractivity (Wildman–Crippen MR) is 211 cm³/mol. The van der Waals surface area contributed by atoms with Crippen LogP contribution in [0.25, 0.3) is 111 Å². The molecule has 0 N–H and O–H groups in total. The fourth-order valence-electron chi connectivity index (χ4n) is 7.60. The molecule has 0 fully saturated rings. The number of fused-ring (bicyclic) bond motifs is 9. The summed E-state index contributed by atoms with van der Waals surface area (Å²) in [5.41, 5.74) is 7.97. The van der Waals surface area contributed by atoms with E-state index in [4.69, 9.17) is 23.8 Å². The van der Waals surface area contributed by atoms with E-state index in [-0.39, 0.29) is 0 Å². The first-order valence-electron chi connectivity index (χ1n) is 17.3. The Bertz CT molecular complexity index is 3190. The number of benzene rings is 8. The molecule has 0 aliphatic carbocycles. The highest BCUT2D eigenvalue weighted by atomic mass is 16.3. The third-order valence-electron chi connectivity index (χ3n) is 10.1. The summed E-state index contributed by atoms with van der Waals surface area (Å²) in [7, 11) is 0. The molecular formula is C47H27N3O2. The number of rotatable bonds is 4. The summed E-state index contributed by atoms with van der Waals surface area (Å²) in [6.45, 7) is 0. The normalized spacial score (nSPS) is 11.8. The molecule has 0 saturated carbocycles. The first kappa shape index (κ1) is 28.7. The van der Waals surface area contributed by atoms with Gasteiger partial charge >= 0.3 is 0 Å². The van der Waals surface area contributed by atoms with Crippen LogP contribution in [0.1, 0.15) is 0 Å². The largest absolute Gasteiger partial charge is 0.456 e. The van der Waals surface area contributed by atoms with Gasteiger partial charge in [-0.15, -0.1) is 0 Å². The van der Waals surface area contributed by atoms with Gasteiger partial charge in [0.25, 0.3) is 0 Å². The van der Waals surface area contributed by atoms with Crippen molar-refractivity contribution in [2.75, 3.05) is 0 Å². The predicted octanol–water partition coefficient (Wildman–Crippen LogP) is 12.6. The summed E-state index contributed by atoms with van der Waals surface area (Å²) in [4.78, 5) is 15.5. The van der Waals surface area contributed by atoms with Crippen molar-refractivity contribution in [2.24, 2.45) is 0 Å². The van der Waals surface area contributed by atoms with E-state index in [0.717, 1.165) is 77.1 Å². The van der Waals surface area contributed by atoms with Crippen LogP contribution in [0.3, 0.4) is 0 Å². The summed E-state index contributed by atoms with van der Waals surface area (Å²) in [5.74, 6) is 1.79. The maximum atomic E-state index is 6.53. The standard InChI is InChI=1S/C47H27N3O2/c1-2-11-29(12-3-1)45-48-46(32-21-22-35-31(24-32)19-18-28-10-4-5-13-34(28)35)50-47(49-45)39-25-33(27-43-44(39)38-15-7-9-17-41(38)52-43)30-20-23-37-36-14-6-8-16-40(36)51-42(37)26-30/h1-27H. The molecule has 5 nitrogen and oxygen atoms in total. The number of aromatic nitrogens is 3. The van der Waals surface area contributed by atoms with Crippen molar-refractivity contribution in [3.8, 4) is 45.3 Å². The molecule has 0 atom stereocenters. The van der Waals surface area contributed by atoms with E-state index in [1.807, 2.05) is 66.7 Å². The molecule has 11 rings (SSSR count). The lowest BCUT2D eigenvalue weighted by Crippen LogP contribution is -2.00. The summed E-state index contributed by atoms with van der Waals surface area (Å²) < 4.78 is 12.8. The van der Waals surface area contributed by atoms with E-state index in [2.05, 4.69) is 97.1 Å². The topological polar surface area (TPSA) is 65.0 Å². The number of hydrogen-bond donors (Lipinski definition) is 0. The minimum Gasteiger partial charge on any atom is -0.456 e. The Balaban J connectivity index is 1.16. The molecule has 0 radical (unpaired) electrons. The van der Waals surface area contributed by atoms with Gasteiger partial charge in [-0.2, -0.15) is 0 Å². The van der Waals surface area contributed by atoms with E-state index in [9.17, 15) is 0 Å². The van der Waals surface area contributed by atoms with Gasteiger partial charge < -0.3 is 8.83 Å². The van der Waals surface area contributed by atoms with Gasteiger partial charge in [0, 0.05) is 38.2 Å². The molecule has 0 amide bonds. The molecule has 3 heterocycles. The molecule has 0 aliphatic rings. The molecule has 242 valence electrons. The fourth-order valence-corrected chi connectivity index (χ4v) is 7.60. The van der Waals surface area contributed by atoms with Gasteiger partial charge in [-0.05, 0) is 75.1 Å². The van der Waals surface area contributed by atoms with E-state index in [0.29, 0.717) is 17.5 Å². The maximum Gasteiger partial charge on any atom is 0.164 e. The molecule has 0 unspecified atom stereocenters. The average molecular weight is 666 g/mol. The van der Waals surface area contributed by atoms with Gasteiger partial charge in [-0.25, -0.2) is 15.0 Å². The Morgan fingerprint density at radius 3 is 1.75 bits per heavy atom. The highest BCUT2D eigenvalue weighted by Crippen LogP contribution is 2.41. The van der Waals surface area contributed by atoms with Gasteiger partial charge in [-0.3, -0.25) is 0 Å². The van der Waals surface area contributed by atoms with Crippen LogP contribution in [0, 0.1) is 0 Å². The van der Waals surface area contributed by atoms with Crippen molar-refractivity contribution in [2.45, 2.75) is 0 Å². The average Bonchev–Trinajstić information content (AvgIpc) is 3.78. The highest BCUT2D eigenvalue weighted by Gasteiger charge is 2.20. The quantitative estimate of drug-likeness (QED) is 0.175. The third kappa shape index (κ3) is 4.53. The second-order valence-electron chi connectivity index (χ2n) is 13.2. The van der Waals surface area contributed by atoms with E-state index >= 15 is 0 Å².